The second-order valence-electron chi connectivity index (χ2n) is 5.61. The van der Waals surface area contributed by atoms with Crippen molar-refractivity contribution in [2.75, 3.05) is 33.2 Å². The van der Waals surface area contributed by atoms with Crippen LogP contribution in [0.1, 0.15) is 26.2 Å². The summed E-state index contributed by atoms with van der Waals surface area (Å²) in [5.74, 6) is -0.236. The van der Waals surface area contributed by atoms with Gasteiger partial charge in [-0.25, -0.2) is 0 Å². The molecule has 1 amide bonds. The van der Waals surface area contributed by atoms with Gasteiger partial charge in [0.2, 0.25) is 5.91 Å². The van der Waals surface area contributed by atoms with E-state index in [1.165, 1.54) is 19.3 Å². The van der Waals surface area contributed by atoms with Gasteiger partial charge in [0.15, 0.2) is 0 Å². The van der Waals surface area contributed by atoms with E-state index in [1.54, 1.807) is 0 Å². The maximum atomic E-state index is 11.4. The molecular formula is C13H26N4O. The van der Waals surface area contributed by atoms with Crippen LogP contribution in [0, 0.1) is 0 Å². The van der Waals surface area contributed by atoms with Crippen LogP contribution >= 0.6 is 0 Å². The summed E-state index contributed by atoms with van der Waals surface area (Å²) >= 11 is 0. The van der Waals surface area contributed by atoms with Crippen molar-refractivity contribution in [2.24, 2.45) is 5.73 Å². The summed E-state index contributed by atoms with van der Waals surface area (Å²) in [6.07, 6.45) is 3.84. The molecule has 0 aromatic carbocycles. The van der Waals surface area contributed by atoms with Crippen molar-refractivity contribution in [1.29, 1.82) is 0 Å². The molecule has 2 fully saturated rings. The Morgan fingerprint density at radius 1 is 1.39 bits per heavy atom. The van der Waals surface area contributed by atoms with Crippen LogP contribution in [-0.2, 0) is 4.79 Å². The van der Waals surface area contributed by atoms with Crippen molar-refractivity contribution in [3.05, 3.63) is 0 Å². The Kier molecular flexibility index (Phi) is 4.59. The summed E-state index contributed by atoms with van der Waals surface area (Å²) in [4.78, 5) is 16.3. The molecule has 3 N–H and O–H groups in total. The number of hydrogen-bond acceptors (Lipinski definition) is 4. The molecule has 18 heavy (non-hydrogen) atoms. The van der Waals surface area contributed by atoms with Gasteiger partial charge in [-0.15, -0.1) is 0 Å². The number of carbonyl (C=O) groups excluding carboxylic acids is 1. The zero-order chi connectivity index (χ0) is 13.1. The van der Waals surface area contributed by atoms with Crippen molar-refractivity contribution >= 4 is 5.91 Å². The molecule has 2 heterocycles. The van der Waals surface area contributed by atoms with E-state index in [1.807, 2.05) is 6.92 Å². The average Bonchev–Trinajstić information content (AvgIpc) is 2.56. The summed E-state index contributed by atoms with van der Waals surface area (Å²) in [7, 11) is 2.24. The third-order valence-electron chi connectivity index (χ3n) is 4.47. The number of carbonyl (C=O) groups is 1. The number of primary amides is 1. The van der Waals surface area contributed by atoms with E-state index in [0.29, 0.717) is 6.04 Å². The third-order valence-corrected chi connectivity index (χ3v) is 4.47. The summed E-state index contributed by atoms with van der Waals surface area (Å²) in [5.41, 5.74) is 5.44. The van der Waals surface area contributed by atoms with E-state index in [9.17, 15) is 4.79 Å². The Hall–Kier alpha value is -0.650. The first kappa shape index (κ1) is 13.8. The molecule has 2 aliphatic heterocycles. The number of likely N-dealkylation sites (N-methyl/N-ethyl adjacent to an activating group) is 2. The van der Waals surface area contributed by atoms with Crippen LogP contribution in [0.2, 0.25) is 0 Å². The molecule has 5 nitrogen and oxygen atoms in total. The Morgan fingerprint density at radius 2 is 2.11 bits per heavy atom. The molecule has 3 unspecified atom stereocenters. The van der Waals surface area contributed by atoms with Gasteiger partial charge >= 0.3 is 0 Å². The SMILES string of the molecule is CCNC(CN1CCC2CCC(C1)N2C)C(N)=O. The number of fused-ring (bicyclic) bond motifs is 2. The first-order chi connectivity index (χ1) is 8.61. The maximum absolute atomic E-state index is 11.4. The first-order valence-corrected chi connectivity index (χ1v) is 7.08. The minimum Gasteiger partial charge on any atom is -0.368 e. The fourth-order valence-electron chi connectivity index (χ4n) is 3.30. The van der Waals surface area contributed by atoms with Crippen LogP contribution in [0.25, 0.3) is 0 Å². The first-order valence-electron chi connectivity index (χ1n) is 7.08. The highest BCUT2D eigenvalue weighted by Crippen LogP contribution is 2.28. The van der Waals surface area contributed by atoms with Crippen LogP contribution < -0.4 is 11.1 Å². The Bertz CT molecular complexity index is 297. The standard InChI is InChI=1S/C13H26N4O/c1-3-15-12(13(14)18)9-17-7-6-10-4-5-11(8-17)16(10)2/h10-12,15H,3-9H2,1-2H3,(H2,14,18). The molecule has 2 aliphatic rings. The number of hydrogen-bond donors (Lipinski definition) is 2. The molecule has 0 aromatic rings. The monoisotopic (exact) mass is 254 g/mol. The van der Waals surface area contributed by atoms with Gasteiger partial charge in [-0.2, -0.15) is 0 Å². The van der Waals surface area contributed by atoms with E-state index < -0.39 is 0 Å². The molecule has 0 saturated carbocycles. The summed E-state index contributed by atoms with van der Waals surface area (Å²) in [6, 6.07) is 1.19. The van der Waals surface area contributed by atoms with E-state index >= 15 is 0 Å². The van der Waals surface area contributed by atoms with Gasteiger partial charge in [0.25, 0.3) is 0 Å². The van der Waals surface area contributed by atoms with Crippen LogP contribution in [0.4, 0.5) is 0 Å². The van der Waals surface area contributed by atoms with Crippen molar-refractivity contribution in [3.63, 3.8) is 0 Å². The lowest BCUT2D eigenvalue weighted by molar-refractivity contribution is -0.120. The second kappa shape index (κ2) is 5.99. The molecule has 2 bridgehead atoms. The zero-order valence-corrected chi connectivity index (χ0v) is 11.6. The van der Waals surface area contributed by atoms with Crippen LogP contribution in [0.5, 0.6) is 0 Å². The molecule has 3 atom stereocenters. The fraction of sp³-hybridized carbons (Fsp3) is 0.923. The Morgan fingerprint density at radius 3 is 2.78 bits per heavy atom. The molecule has 0 aromatic heterocycles. The van der Waals surface area contributed by atoms with E-state index in [2.05, 4.69) is 22.2 Å². The lowest BCUT2D eigenvalue weighted by Gasteiger charge is -2.28. The Labute approximate surface area is 110 Å². The van der Waals surface area contributed by atoms with Gasteiger partial charge in [-0.3, -0.25) is 14.6 Å². The highest BCUT2D eigenvalue weighted by atomic mass is 16.1. The topological polar surface area (TPSA) is 61.6 Å². The van der Waals surface area contributed by atoms with Gasteiger partial charge in [0.1, 0.15) is 0 Å². The zero-order valence-electron chi connectivity index (χ0n) is 11.6. The predicted octanol–water partition coefficient (Wildman–Crippen LogP) is -0.382. The molecule has 2 saturated heterocycles. The molecule has 0 spiro atoms. The molecule has 0 aliphatic carbocycles. The number of nitrogens with two attached hydrogens (primary N) is 1. The quantitative estimate of drug-likeness (QED) is 0.702. The van der Waals surface area contributed by atoms with Crippen LogP contribution in [0.15, 0.2) is 0 Å². The molecule has 2 rings (SSSR count). The van der Waals surface area contributed by atoms with Gasteiger partial charge in [-0.1, -0.05) is 6.92 Å². The normalized spacial score (nSPS) is 31.2. The van der Waals surface area contributed by atoms with E-state index in [0.717, 1.165) is 32.2 Å². The van der Waals surface area contributed by atoms with Crippen molar-refractivity contribution in [1.82, 2.24) is 15.1 Å². The summed E-state index contributed by atoms with van der Waals surface area (Å²) in [5, 5.41) is 3.18. The summed E-state index contributed by atoms with van der Waals surface area (Å²) < 4.78 is 0. The predicted molar refractivity (Wildman–Crippen MR) is 72.3 cm³/mol. The number of likely N-dealkylation sites (tertiary alicyclic amines) is 1. The number of nitrogens with zero attached hydrogens (tertiary/aromatic N) is 2. The van der Waals surface area contributed by atoms with Gasteiger partial charge in [0, 0.05) is 25.2 Å². The minimum absolute atomic E-state index is 0.211. The van der Waals surface area contributed by atoms with Crippen LogP contribution in [-0.4, -0.2) is 67.1 Å². The van der Waals surface area contributed by atoms with E-state index in [-0.39, 0.29) is 11.9 Å². The highest BCUT2D eigenvalue weighted by molar-refractivity contribution is 5.80. The smallest absolute Gasteiger partial charge is 0.235 e. The number of amides is 1. The number of rotatable bonds is 5. The molecular weight excluding hydrogens is 228 g/mol. The molecule has 104 valence electrons. The largest absolute Gasteiger partial charge is 0.368 e. The molecule has 5 heteroatoms. The summed E-state index contributed by atoms with van der Waals surface area (Å²) in [6.45, 7) is 5.70. The molecule has 0 radical (unpaired) electrons. The second-order valence-corrected chi connectivity index (χ2v) is 5.61. The third kappa shape index (κ3) is 3.02. The van der Waals surface area contributed by atoms with Gasteiger partial charge in [-0.05, 0) is 39.4 Å². The fourth-order valence-corrected chi connectivity index (χ4v) is 3.30. The van der Waals surface area contributed by atoms with Gasteiger partial charge in [0.05, 0.1) is 6.04 Å². The van der Waals surface area contributed by atoms with E-state index in [4.69, 9.17) is 5.73 Å². The maximum Gasteiger partial charge on any atom is 0.235 e. The highest BCUT2D eigenvalue weighted by Gasteiger charge is 2.35. The lowest BCUT2D eigenvalue weighted by atomic mass is 10.1. The minimum atomic E-state index is -0.236. The van der Waals surface area contributed by atoms with Crippen molar-refractivity contribution in [2.45, 2.75) is 44.3 Å². The number of nitrogens with one attached hydrogen (secondary N) is 1. The lowest BCUT2D eigenvalue weighted by Crippen LogP contribution is -2.50. The van der Waals surface area contributed by atoms with Gasteiger partial charge < -0.3 is 11.1 Å². The van der Waals surface area contributed by atoms with Crippen molar-refractivity contribution < 1.29 is 4.79 Å². The van der Waals surface area contributed by atoms with Crippen molar-refractivity contribution in [3.8, 4) is 0 Å². The average molecular weight is 254 g/mol. The Balaban J connectivity index is 1.91. The van der Waals surface area contributed by atoms with Crippen LogP contribution in [0.3, 0.4) is 0 Å².